The van der Waals surface area contributed by atoms with E-state index in [9.17, 15) is 10.1 Å². The molecule has 2 rings (SSSR count). The molecule has 0 spiro atoms. The molecule has 4 heteroatoms. The summed E-state index contributed by atoms with van der Waals surface area (Å²) in [6.07, 6.45) is 3.71. The van der Waals surface area contributed by atoms with Gasteiger partial charge in [-0.25, -0.2) is 0 Å². The molecule has 4 nitrogen and oxygen atoms in total. The first-order valence-electron chi connectivity index (χ1n) is 5.62. The van der Waals surface area contributed by atoms with Crippen molar-refractivity contribution in [1.82, 2.24) is 0 Å². The van der Waals surface area contributed by atoms with Crippen LogP contribution in [0.4, 0.5) is 5.69 Å². The number of nitrogens with zero attached hydrogens (tertiary/aromatic N) is 2. The highest BCUT2D eigenvalue weighted by atomic mass is 16.6. The summed E-state index contributed by atoms with van der Waals surface area (Å²) in [5.74, 6) is 0. The molecular formula is C15H10N2O2. The zero-order valence-electron chi connectivity index (χ0n) is 9.98. The first kappa shape index (κ1) is 12.5. The highest BCUT2D eigenvalue weighted by molar-refractivity contribution is 5.70. The van der Waals surface area contributed by atoms with Crippen LogP contribution in [0.2, 0.25) is 0 Å². The smallest absolute Gasteiger partial charge is 0.258 e. The SMILES string of the molecule is N#Cc1cccc(C=Cc2ccc([N+](=O)[O-])cc2)c1. The van der Waals surface area contributed by atoms with E-state index in [1.165, 1.54) is 12.1 Å². The maximum atomic E-state index is 10.5. The minimum absolute atomic E-state index is 0.0728. The van der Waals surface area contributed by atoms with Crippen LogP contribution in [0.1, 0.15) is 16.7 Å². The lowest BCUT2D eigenvalue weighted by Gasteiger charge is -1.95. The first-order chi connectivity index (χ1) is 9.19. The average molecular weight is 250 g/mol. The average Bonchev–Trinajstić information content (AvgIpc) is 2.46. The second-order valence-electron chi connectivity index (χ2n) is 3.92. The zero-order valence-corrected chi connectivity index (χ0v) is 9.98. The van der Waals surface area contributed by atoms with E-state index in [1.54, 1.807) is 24.3 Å². The van der Waals surface area contributed by atoms with Crippen LogP contribution in [0.3, 0.4) is 0 Å². The van der Waals surface area contributed by atoms with Crippen molar-refractivity contribution in [2.24, 2.45) is 0 Å². The van der Waals surface area contributed by atoms with Crippen molar-refractivity contribution in [2.75, 3.05) is 0 Å². The van der Waals surface area contributed by atoms with Gasteiger partial charge in [-0.1, -0.05) is 24.3 Å². The van der Waals surface area contributed by atoms with Crippen LogP contribution < -0.4 is 0 Å². The molecule has 0 saturated carbocycles. The predicted octanol–water partition coefficient (Wildman–Crippen LogP) is 3.64. The van der Waals surface area contributed by atoms with Crippen molar-refractivity contribution in [2.45, 2.75) is 0 Å². The van der Waals surface area contributed by atoms with Gasteiger partial charge >= 0.3 is 0 Å². The number of nitro groups is 1. The van der Waals surface area contributed by atoms with Gasteiger partial charge < -0.3 is 0 Å². The van der Waals surface area contributed by atoms with Crippen LogP contribution in [0.25, 0.3) is 12.2 Å². The Balaban J connectivity index is 2.18. The van der Waals surface area contributed by atoms with Crippen molar-refractivity contribution in [3.05, 3.63) is 75.3 Å². The molecule has 0 radical (unpaired) electrons. The highest BCUT2D eigenvalue weighted by Gasteiger charge is 2.02. The molecule has 2 aromatic carbocycles. The zero-order chi connectivity index (χ0) is 13.7. The second kappa shape index (κ2) is 5.61. The normalized spacial score (nSPS) is 10.3. The third-order valence-corrected chi connectivity index (χ3v) is 2.59. The summed E-state index contributed by atoms with van der Waals surface area (Å²) in [5, 5.41) is 19.3. The van der Waals surface area contributed by atoms with E-state index >= 15 is 0 Å². The molecule has 0 unspecified atom stereocenters. The molecule has 92 valence electrons. The Hall–Kier alpha value is -2.93. The summed E-state index contributed by atoms with van der Waals surface area (Å²) >= 11 is 0. The minimum atomic E-state index is -0.427. The van der Waals surface area contributed by atoms with E-state index in [2.05, 4.69) is 6.07 Å². The second-order valence-corrected chi connectivity index (χ2v) is 3.92. The Morgan fingerprint density at radius 3 is 2.37 bits per heavy atom. The molecular weight excluding hydrogens is 240 g/mol. The Labute approximate surface area is 110 Å². The largest absolute Gasteiger partial charge is 0.269 e. The van der Waals surface area contributed by atoms with Crippen molar-refractivity contribution in [3.8, 4) is 6.07 Å². The molecule has 0 heterocycles. The number of rotatable bonds is 3. The fourth-order valence-electron chi connectivity index (χ4n) is 1.61. The summed E-state index contributed by atoms with van der Waals surface area (Å²) in [4.78, 5) is 10.1. The molecule has 0 fully saturated rings. The topological polar surface area (TPSA) is 66.9 Å². The molecule has 0 aromatic heterocycles. The summed E-state index contributed by atoms with van der Waals surface area (Å²) in [6, 6.07) is 15.6. The van der Waals surface area contributed by atoms with Gasteiger partial charge in [-0.3, -0.25) is 10.1 Å². The number of hydrogen-bond donors (Lipinski definition) is 0. The van der Waals surface area contributed by atoms with Gasteiger partial charge in [0, 0.05) is 12.1 Å². The summed E-state index contributed by atoms with van der Waals surface area (Å²) in [6.45, 7) is 0. The van der Waals surface area contributed by atoms with E-state index in [0.29, 0.717) is 5.56 Å². The van der Waals surface area contributed by atoms with Gasteiger partial charge in [0.05, 0.1) is 16.6 Å². The molecule has 19 heavy (non-hydrogen) atoms. The van der Waals surface area contributed by atoms with E-state index < -0.39 is 4.92 Å². The van der Waals surface area contributed by atoms with Crippen LogP contribution >= 0.6 is 0 Å². The fourth-order valence-corrected chi connectivity index (χ4v) is 1.61. The van der Waals surface area contributed by atoms with Crippen molar-refractivity contribution >= 4 is 17.8 Å². The molecule has 0 saturated heterocycles. The molecule has 0 amide bonds. The number of nitro benzene ring substituents is 1. The maximum Gasteiger partial charge on any atom is 0.269 e. The Morgan fingerprint density at radius 2 is 1.74 bits per heavy atom. The van der Waals surface area contributed by atoms with E-state index in [0.717, 1.165) is 11.1 Å². The Morgan fingerprint density at radius 1 is 1.05 bits per heavy atom. The van der Waals surface area contributed by atoms with Crippen molar-refractivity contribution in [3.63, 3.8) is 0 Å². The van der Waals surface area contributed by atoms with Gasteiger partial charge in [0.15, 0.2) is 0 Å². The number of hydrogen-bond acceptors (Lipinski definition) is 3. The number of non-ortho nitro benzene ring substituents is 1. The third kappa shape index (κ3) is 3.27. The van der Waals surface area contributed by atoms with Gasteiger partial charge in [-0.15, -0.1) is 0 Å². The Kier molecular flexibility index (Phi) is 3.70. The van der Waals surface area contributed by atoms with Crippen LogP contribution in [-0.2, 0) is 0 Å². The highest BCUT2D eigenvalue weighted by Crippen LogP contribution is 2.14. The van der Waals surface area contributed by atoms with Gasteiger partial charge in [0.2, 0.25) is 0 Å². The first-order valence-corrected chi connectivity index (χ1v) is 5.62. The van der Waals surface area contributed by atoms with Crippen molar-refractivity contribution in [1.29, 1.82) is 5.26 Å². The van der Waals surface area contributed by atoms with E-state index in [-0.39, 0.29) is 5.69 Å². The number of benzene rings is 2. The molecule has 0 aliphatic carbocycles. The molecule has 0 bridgehead atoms. The summed E-state index contributed by atoms with van der Waals surface area (Å²) in [5.41, 5.74) is 2.46. The van der Waals surface area contributed by atoms with Crippen molar-refractivity contribution < 1.29 is 4.92 Å². The monoisotopic (exact) mass is 250 g/mol. The third-order valence-electron chi connectivity index (χ3n) is 2.59. The quantitative estimate of drug-likeness (QED) is 0.474. The van der Waals surface area contributed by atoms with E-state index in [1.807, 2.05) is 24.3 Å². The fraction of sp³-hybridized carbons (Fsp3) is 0. The lowest BCUT2D eigenvalue weighted by Crippen LogP contribution is -1.86. The molecule has 2 aromatic rings. The van der Waals surface area contributed by atoms with Crippen LogP contribution in [0, 0.1) is 21.4 Å². The molecule has 0 atom stereocenters. The van der Waals surface area contributed by atoms with Gasteiger partial charge in [-0.05, 0) is 35.4 Å². The van der Waals surface area contributed by atoms with E-state index in [4.69, 9.17) is 5.26 Å². The molecule has 0 N–H and O–H groups in total. The lowest BCUT2D eigenvalue weighted by atomic mass is 10.1. The van der Waals surface area contributed by atoms with Crippen LogP contribution in [-0.4, -0.2) is 4.92 Å². The van der Waals surface area contributed by atoms with Gasteiger partial charge in [-0.2, -0.15) is 5.26 Å². The minimum Gasteiger partial charge on any atom is -0.258 e. The van der Waals surface area contributed by atoms with Gasteiger partial charge in [0.25, 0.3) is 5.69 Å². The lowest BCUT2D eigenvalue weighted by molar-refractivity contribution is -0.384. The standard InChI is InChI=1S/C15H10N2O2/c16-11-14-3-1-2-13(10-14)5-4-12-6-8-15(9-7-12)17(18)19/h1-10H. The molecule has 0 aliphatic heterocycles. The number of nitriles is 1. The summed E-state index contributed by atoms with van der Waals surface area (Å²) in [7, 11) is 0. The van der Waals surface area contributed by atoms with Crippen LogP contribution in [0.5, 0.6) is 0 Å². The predicted molar refractivity (Wildman–Crippen MR) is 73.2 cm³/mol. The van der Waals surface area contributed by atoms with Crippen LogP contribution in [0.15, 0.2) is 48.5 Å². The van der Waals surface area contributed by atoms with Gasteiger partial charge in [0.1, 0.15) is 0 Å². The maximum absolute atomic E-state index is 10.5. The Bertz CT molecular complexity index is 667. The summed E-state index contributed by atoms with van der Waals surface area (Å²) < 4.78 is 0. The molecule has 0 aliphatic rings.